The van der Waals surface area contributed by atoms with Crippen molar-refractivity contribution in [1.29, 1.82) is 0 Å². The number of rotatable bonds is 5. The second-order valence-corrected chi connectivity index (χ2v) is 8.36. The molecule has 4 aromatic rings. The Morgan fingerprint density at radius 1 is 0.829 bits per heavy atom. The zero-order valence-electron chi connectivity index (χ0n) is 19.2. The fraction of sp³-hybridized carbons (Fsp3) is 0.107. The van der Waals surface area contributed by atoms with E-state index >= 15 is 0 Å². The fourth-order valence-electron chi connectivity index (χ4n) is 4.19. The number of ether oxygens (including phenoxy) is 1. The summed E-state index contributed by atoms with van der Waals surface area (Å²) in [5.41, 5.74) is 6.86. The van der Waals surface area contributed by atoms with Crippen molar-refractivity contribution in [3.63, 3.8) is 0 Å². The van der Waals surface area contributed by atoms with E-state index in [4.69, 9.17) is 4.74 Å². The van der Waals surface area contributed by atoms with Crippen molar-refractivity contribution >= 4 is 28.9 Å². The summed E-state index contributed by atoms with van der Waals surface area (Å²) in [6, 6.07) is 20.7. The van der Waals surface area contributed by atoms with Crippen molar-refractivity contribution in [2.45, 2.75) is 12.8 Å². The summed E-state index contributed by atoms with van der Waals surface area (Å²) < 4.78 is 5.66. The van der Waals surface area contributed by atoms with Gasteiger partial charge in [-0.05, 0) is 71.6 Å². The standard InChI is InChI=1S/C28H23N3O4/c1-16(28(33)34)18-5-8-23-25(13-18)31-27(32)22-7-4-19(14-24(22)30-23)20-3-6-21(26(15-20)35-2)17-9-11-29-12-10-17/h3-16,30H,1-2H3,(H,31,32)(H,33,34). The van der Waals surface area contributed by atoms with Crippen LogP contribution in [-0.4, -0.2) is 29.1 Å². The lowest BCUT2D eigenvalue weighted by molar-refractivity contribution is -0.138. The van der Waals surface area contributed by atoms with E-state index in [1.54, 1.807) is 50.7 Å². The molecule has 0 saturated carbocycles. The molecule has 1 aliphatic rings. The van der Waals surface area contributed by atoms with Crippen molar-refractivity contribution in [3.05, 3.63) is 90.3 Å². The van der Waals surface area contributed by atoms with E-state index in [9.17, 15) is 14.7 Å². The number of aromatic nitrogens is 1. The van der Waals surface area contributed by atoms with Crippen molar-refractivity contribution in [2.75, 3.05) is 17.7 Å². The van der Waals surface area contributed by atoms with Crippen LogP contribution < -0.4 is 15.4 Å². The molecule has 174 valence electrons. The van der Waals surface area contributed by atoms with Crippen LogP contribution in [0.1, 0.15) is 28.8 Å². The van der Waals surface area contributed by atoms with Gasteiger partial charge in [-0.1, -0.05) is 24.3 Å². The molecule has 1 amide bonds. The predicted octanol–water partition coefficient (Wildman–Crippen LogP) is 5.92. The van der Waals surface area contributed by atoms with Gasteiger partial charge < -0.3 is 20.5 Å². The molecule has 2 heterocycles. The van der Waals surface area contributed by atoms with E-state index < -0.39 is 11.9 Å². The maximum atomic E-state index is 12.9. The van der Waals surface area contributed by atoms with Crippen molar-refractivity contribution in [2.24, 2.45) is 0 Å². The molecule has 7 nitrogen and oxygen atoms in total. The molecule has 1 aliphatic heterocycles. The molecule has 7 heteroatoms. The van der Waals surface area contributed by atoms with Crippen molar-refractivity contribution < 1.29 is 19.4 Å². The molecular weight excluding hydrogens is 442 g/mol. The first-order valence-electron chi connectivity index (χ1n) is 11.1. The van der Waals surface area contributed by atoms with E-state index in [1.807, 2.05) is 42.5 Å². The van der Waals surface area contributed by atoms with Gasteiger partial charge in [0.05, 0.1) is 35.7 Å². The van der Waals surface area contributed by atoms with Crippen LogP contribution in [0.25, 0.3) is 22.3 Å². The highest BCUT2D eigenvalue weighted by Crippen LogP contribution is 2.38. The minimum Gasteiger partial charge on any atom is -0.496 e. The summed E-state index contributed by atoms with van der Waals surface area (Å²) >= 11 is 0. The smallest absolute Gasteiger partial charge is 0.310 e. The number of nitrogens with zero attached hydrogens (tertiary/aromatic N) is 1. The summed E-state index contributed by atoms with van der Waals surface area (Å²) in [5, 5.41) is 15.6. The van der Waals surface area contributed by atoms with Gasteiger partial charge in [0, 0.05) is 18.0 Å². The maximum Gasteiger partial charge on any atom is 0.310 e. The van der Waals surface area contributed by atoms with E-state index in [2.05, 4.69) is 15.6 Å². The Hall–Kier alpha value is -4.65. The molecule has 5 rings (SSSR count). The van der Waals surface area contributed by atoms with Crippen LogP contribution >= 0.6 is 0 Å². The van der Waals surface area contributed by atoms with Crippen LogP contribution in [0.5, 0.6) is 5.75 Å². The molecule has 1 aromatic heterocycles. The number of carbonyl (C=O) groups is 2. The van der Waals surface area contributed by atoms with E-state index in [0.717, 1.165) is 28.0 Å². The van der Waals surface area contributed by atoms with Gasteiger partial charge in [-0.3, -0.25) is 14.6 Å². The summed E-state index contributed by atoms with van der Waals surface area (Å²) in [5.74, 6) is -1.13. The third kappa shape index (κ3) is 4.19. The average molecular weight is 466 g/mol. The molecule has 0 radical (unpaired) electrons. The summed E-state index contributed by atoms with van der Waals surface area (Å²) in [6.45, 7) is 1.62. The van der Waals surface area contributed by atoms with E-state index in [0.29, 0.717) is 28.2 Å². The fourth-order valence-corrected chi connectivity index (χ4v) is 4.19. The molecule has 3 N–H and O–H groups in total. The van der Waals surface area contributed by atoms with Crippen LogP contribution in [0.15, 0.2) is 79.1 Å². The lowest BCUT2D eigenvalue weighted by atomic mass is 9.98. The second kappa shape index (κ2) is 8.95. The van der Waals surface area contributed by atoms with Crippen LogP contribution in [-0.2, 0) is 4.79 Å². The molecule has 0 aliphatic carbocycles. The molecule has 1 unspecified atom stereocenters. The molecule has 35 heavy (non-hydrogen) atoms. The zero-order chi connectivity index (χ0) is 24.5. The number of nitrogens with one attached hydrogen (secondary N) is 2. The quantitative estimate of drug-likeness (QED) is 0.338. The third-order valence-electron chi connectivity index (χ3n) is 6.22. The van der Waals surface area contributed by atoms with Gasteiger partial charge in [0.15, 0.2) is 0 Å². The molecule has 0 bridgehead atoms. The largest absolute Gasteiger partial charge is 0.496 e. The molecule has 3 aromatic carbocycles. The molecule has 0 spiro atoms. The monoisotopic (exact) mass is 465 g/mol. The highest BCUT2D eigenvalue weighted by atomic mass is 16.5. The first kappa shape index (κ1) is 22.2. The highest BCUT2D eigenvalue weighted by molar-refractivity contribution is 6.12. The number of benzene rings is 3. The Morgan fingerprint density at radius 3 is 2.26 bits per heavy atom. The Balaban J connectivity index is 1.51. The predicted molar refractivity (Wildman–Crippen MR) is 135 cm³/mol. The van der Waals surface area contributed by atoms with Gasteiger partial charge in [0.1, 0.15) is 5.75 Å². The summed E-state index contributed by atoms with van der Waals surface area (Å²) in [4.78, 5) is 28.4. The van der Waals surface area contributed by atoms with Crippen LogP contribution in [0.3, 0.4) is 0 Å². The zero-order valence-corrected chi connectivity index (χ0v) is 19.2. The lowest BCUT2D eigenvalue weighted by Crippen LogP contribution is -2.12. The highest BCUT2D eigenvalue weighted by Gasteiger charge is 2.22. The number of hydrogen-bond acceptors (Lipinski definition) is 5. The first-order valence-corrected chi connectivity index (χ1v) is 11.1. The molecule has 0 fully saturated rings. The maximum absolute atomic E-state index is 12.9. The van der Waals surface area contributed by atoms with Gasteiger partial charge in [0.2, 0.25) is 0 Å². The Kier molecular flexibility index (Phi) is 5.66. The third-order valence-corrected chi connectivity index (χ3v) is 6.22. The number of aliphatic carboxylic acids is 1. The summed E-state index contributed by atoms with van der Waals surface area (Å²) in [7, 11) is 1.64. The van der Waals surface area contributed by atoms with Crippen LogP contribution in [0.4, 0.5) is 17.1 Å². The van der Waals surface area contributed by atoms with E-state index in [1.165, 1.54) is 0 Å². The summed E-state index contributed by atoms with van der Waals surface area (Å²) in [6.07, 6.45) is 3.49. The van der Waals surface area contributed by atoms with Crippen LogP contribution in [0.2, 0.25) is 0 Å². The minimum atomic E-state index is -0.920. The van der Waals surface area contributed by atoms with Gasteiger partial charge in [-0.2, -0.15) is 0 Å². The number of carboxylic acids is 1. The van der Waals surface area contributed by atoms with E-state index in [-0.39, 0.29) is 5.91 Å². The molecular formula is C28H23N3O4. The number of carbonyl (C=O) groups excluding carboxylic acids is 1. The van der Waals surface area contributed by atoms with Crippen molar-refractivity contribution in [3.8, 4) is 28.0 Å². The second-order valence-electron chi connectivity index (χ2n) is 8.36. The number of amides is 1. The lowest BCUT2D eigenvalue weighted by Gasteiger charge is -2.14. The number of anilines is 3. The number of methoxy groups -OCH3 is 1. The molecule has 0 saturated heterocycles. The number of hydrogen-bond donors (Lipinski definition) is 3. The van der Waals surface area contributed by atoms with Gasteiger partial charge in [0.25, 0.3) is 5.91 Å². The topological polar surface area (TPSA) is 101 Å². The number of pyridine rings is 1. The Labute approximate surface area is 202 Å². The van der Waals surface area contributed by atoms with Crippen LogP contribution in [0, 0.1) is 0 Å². The average Bonchev–Trinajstić information content (AvgIpc) is 3.02. The number of fused-ring (bicyclic) bond motifs is 2. The SMILES string of the molecule is COc1cc(-c2ccc3c(c2)Nc2ccc(C(C)C(=O)O)cc2NC3=O)ccc1-c1ccncc1. The minimum absolute atomic E-state index is 0.261. The first-order chi connectivity index (χ1) is 16.9. The van der Waals surface area contributed by atoms with Gasteiger partial charge >= 0.3 is 5.97 Å². The molecule has 1 atom stereocenters. The normalized spacial score (nSPS) is 12.9. The Bertz CT molecular complexity index is 1450. The van der Waals surface area contributed by atoms with Gasteiger partial charge in [-0.15, -0.1) is 0 Å². The van der Waals surface area contributed by atoms with Gasteiger partial charge in [-0.25, -0.2) is 0 Å². The Morgan fingerprint density at radius 2 is 1.54 bits per heavy atom. The van der Waals surface area contributed by atoms with Crippen molar-refractivity contribution in [1.82, 2.24) is 4.98 Å². The number of carboxylic acid groups (broad SMARTS) is 1.